The van der Waals surface area contributed by atoms with Crippen molar-refractivity contribution in [2.75, 3.05) is 7.11 Å². The quantitative estimate of drug-likeness (QED) is 0.812. The van der Waals surface area contributed by atoms with Crippen molar-refractivity contribution < 1.29 is 14.2 Å². The molecular formula is C12H17FO2. The first-order valence-corrected chi connectivity index (χ1v) is 5.20. The standard InChI is InChI=1S/C12H17FO2/c1-3-4-5-12(14)10-7-6-9(15-2)8-11(10)13/h6-8,12,14H,3-5H2,1-2H3. The average Bonchev–Trinajstić information content (AvgIpc) is 2.25. The molecule has 1 atom stereocenters. The topological polar surface area (TPSA) is 29.5 Å². The molecule has 0 bridgehead atoms. The lowest BCUT2D eigenvalue weighted by atomic mass is 10.0. The summed E-state index contributed by atoms with van der Waals surface area (Å²) in [5.41, 5.74) is 0.351. The molecule has 0 aliphatic heterocycles. The first-order chi connectivity index (χ1) is 7.19. The fourth-order valence-electron chi connectivity index (χ4n) is 1.46. The van der Waals surface area contributed by atoms with Crippen molar-refractivity contribution in [1.82, 2.24) is 0 Å². The molecule has 0 amide bonds. The van der Waals surface area contributed by atoms with Gasteiger partial charge >= 0.3 is 0 Å². The maximum absolute atomic E-state index is 13.5. The Balaban J connectivity index is 2.76. The van der Waals surface area contributed by atoms with Crippen molar-refractivity contribution in [2.45, 2.75) is 32.3 Å². The maximum atomic E-state index is 13.5. The molecule has 0 aliphatic carbocycles. The molecule has 0 spiro atoms. The number of hydrogen-bond donors (Lipinski definition) is 1. The molecule has 1 N–H and O–H groups in total. The minimum absolute atomic E-state index is 0.351. The van der Waals surface area contributed by atoms with Crippen LogP contribution in [0.5, 0.6) is 5.75 Å². The van der Waals surface area contributed by atoms with Gasteiger partial charge in [-0.2, -0.15) is 0 Å². The van der Waals surface area contributed by atoms with E-state index in [2.05, 4.69) is 0 Å². The lowest BCUT2D eigenvalue weighted by Gasteiger charge is -2.12. The number of rotatable bonds is 5. The van der Waals surface area contributed by atoms with E-state index in [-0.39, 0.29) is 0 Å². The van der Waals surface area contributed by atoms with E-state index >= 15 is 0 Å². The van der Waals surface area contributed by atoms with Crippen LogP contribution in [0.1, 0.15) is 37.9 Å². The Bertz CT molecular complexity index is 312. The summed E-state index contributed by atoms with van der Waals surface area (Å²) in [5, 5.41) is 9.72. The lowest BCUT2D eigenvalue weighted by Crippen LogP contribution is -2.01. The molecule has 1 aromatic carbocycles. The molecule has 0 aliphatic rings. The smallest absolute Gasteiger partial charge is 0.132 e. The van der Waals surface area contributed by atoms with Crippen LogP contribution in [-0.2, 0) is 0 Å². The monoisotopic (exact) mass is 212 g/mol. The molecular weight excluding hydrogens is 195 g/mol. The molecule has 0 aromatic heterocycles. The molecule has 2 nitrogen and oxygen atoms in total. The van der Waals surface area contributed by atoms with Gasteiger partial charge in [-0.15, -0.1) is 0 Å². The van der Waals surface area contributed by atoms with E-state index in [9.17, 15) is 9.50 Å². The van der Waals surface area contributed by atoms with Crippen molar-refractivity contribution in [2.24, 2.45) is 0 Å². The summed E-state index contributed by atoms with van der Waals surface area (Å²) < 4.78 is 18.4. The van der Waals surface area contributed by atoms with Crippen molar-refractivity contribution in [3.05, 3.63) is 29.6 Å². The van der Waals surface area contributed by atoms with Crippen molar-refractivity contribution in [3.63, 3.8) is 0 Å². The van der Waals surface area contributed by atoms with Crippen LogP contribution < -0.4 is 4.74 Å². The van der Waals surface area contributed by atoms with Gasteiger partial charge in [-0.1, -0.05) is 19.8 Å². The highest BCUT2D eigenvalue weighted by molar-refractivity contribution is 5.30. The van der Waals surface area contributed by atoms with Crippen molar-refractivity contribution >= 4 is 0 Å². The first kappa shape index (κ1) is 12.0. The van der Waals surface area contributed by atoms with E-state index in [4.69, 9.17) is 4.74 Å². The Morgan fingerprint density at radius 2 is 2.20 bits per heavy atom. The zero-order valence-electron chi connectivity index (χ0n) is 9.16. The van der Waals surface area contributed by atoms with Crippen LogP contribution in [0.2, 0.25) is 0 Å². The van der Waals surface area contributed by atoms with Crippen molar-refractivity contribution in [1.29, 1.82) is 0 Å². The molecule has 0 radical (unpaired) electrons. The van der Waals surface area contributed by atoms with Gasteiger partial charge in [0, 0.05) is 11.6 Å². The third kappa shape index (κ3) is 3.20. The number of methoxy groups -OCH3 is 1. The lowest BCUT2D eigenvalue weighted by molar-refractivity contribution is 0.159. The summed E-state index contributed by atoms with van der Waals surface area (Å²) in [6, 6.07) is 4.53. The summed E-state index contributed by atoms with van der Waals surface area (Å²) in [6.07, 6.45) is 1.78. The van der Waals surface area contributed by atoms with E-state index in [1.165, 1.54) is 13.2 Å². The number of hydrogen-bond acceptors (Lipinski definition) is 2. The third-order valence-electron chi connectivity index (χ3n) is 2.40. The van der Waals surface area contributed by atoms with E-state index in [1.54, 1.807) is 12.1 Å². The molecule has 84 valence electrons. The molecule has 0 fully saturated rings. The summed E-state index contributed by atoms with van der Waals surface area (Å²) in [4.78, 5) is 0. The Labute approximate surface area is 89.7 Å². The van der Waals surface area contributed by atoms with Gasteiger partial charge in [-0.25, -0.2) is 4.39 Å². The second kappa shape index (κ2) is 5.71. The average molecular weight is 212 g/mol. The number of halogens is 1. The minimum atomic E-state index is -0.712. The molecule has 0 heterocycles. The Morgan fingerprint density at radius 1 is 1.47 bits per heavy atom. The van der Waals surface area contributed by atoms with Gasteiger partial charge in [0.15, 0.2) is 0 Å². The zero-order chi connectivity index (χ0) is 11.3. The highest BCUT2D eigenvalue weighted by Gasteiger charge is 2.12. The zero-order valence-corrected chi connectivity index (χ0v) is 9.16. The van der Waals surface area contributed by atoms with Crippen LogP contribution in [0.15, 0.2) is 18.2 Å². The minimum Gasteiger partial charge on any atom is -0.497 e. The number of ether oxygens (including phenoxy) is 1. The molecule has 0 saturated carbocycles. The summed E-state index contributed by atoms with van der Waals surface area (Å²) in [6.45, 7) is 2.04. The molecule has 3 heteroatoms. The van der Waals surface area contributed by atoms with Gasteiger partial charge < -0.3 is 9.84 Å². The highest BCUT2D eigenvalue weighted by atomic mass is 19.1. The normalized spacial score (nSPS) is 12.5. The summed E-state index contributed by atoms with van der Waals surface area (Å²) >= 11 is 0. The van der Waals surface area contributed by atoms with Gasteiger partial charge in [0.2, 0.25) is 0 Å². The van der Waals surface area contributed by atoms with Gasteiger partial charge in [0.1, 0.15) is 11.6 Å². The third-order valence-corrected chi connectivity index (χ3v) is 2.40. The molecule has 1 aromatic rings. The predicted molar refractivity (Wildman–Crippen MR) is 57.4 cm³/mol. The van der Waals surface area contributed by atoms with Gasteiger partial charge in [-0.05, 0) is 18.6 Å². The predicted octanol–water partition coefficient (Wildman–Crippen LogP) is 3.06. The first-order valence-electron chi connectivity index (χ1n) is 5.20. The Morgan fingerprint density at radius 3 is 2.73 bits per heavy atom. The maximum Gasteiger partial charge on any atom is 0.132 e. The fourth-order valence-corrected chi connectivity index (χ4v) is 1.46. The van der Waals surface area contributed by atoms with Gasteiger partial charge in [0.05, 0.1) is 13.2 Å². The van der Waals surface area contributed by atoms with Crippen molar-refractivity contribution in [3.8, 4) is 5.75 Å². The number of unbranched alkanes of at least 4 members (excludes halogenated alkanes) is 1. The van der Waals surface area contributed by atoms with E-state index < -0.39 is 11.9 Å². The Kier molecular flexibility index (Phi) is 4.56. The number of aliphatic hydroxyl groups excluding tert-OH is 1. The van der Waals surface area contributed by atoms with E-state index in [0.717, 1.165) is 12.8 Å². The summed E-state index contributed by atoms with van der Waals surface area (Å²) in [7, 11) is 1.49. The van der Waals surface area contributed by atoms with Crippen LogP contribution in [0.25, 0.3) is 0 Å². The second-order valence-corrected chi connectivity index (χ2v) is 3.55. The van der Waals surface area contributed by atoms with E-state index in [1.807, 2.05) is 6.92 Å². The Hall–Kier alpha value is -1.09. The molecule has 0 saturated heterocycles. The molecule has 1 unspecified atom stereocenters. The number of aliphatic hydroxyl groups is 1. The van der Waals surface area contributed by atoms with Gasteiger partial charge in [0.25, 0.3) is 0 Å². The van der Waals surface area contributed by atoms with Crippen LogP contribution in [0.3, 0.4) is 0 Å². The fraction of sp³-hybridized carbons (Fsp3) is 0.500. The number of benzene rings is 1. The largest absolute Gasteiger partial charge is 0.497 e. The SMILES string of the molecule is CCCCC(O)c1ccc(OC)cc1F. The highest BCUT2D eigenvalue weighted by Crippen LogP contribution is 2.25. The van der Waals surface area contributed by atoms with Gasteiger partial charge in [-0.3, -0.25) is 0 Å². The van der Waals surface area contributed by atoms with Crippen LogP contribution in [0.4, 0.5) is 4.39 Å². The second-order valence-electron chi connectivity index (χ2n) is 3.55. The van der Waals surface area contributed by atoms with E-state index in [0.29, 0.717) is 17.7 Å². The molecule has 1 rings (SSSR count). The van der Waals surface area contributed by atoms with Crippen LogP contribution >= 0.6 is 0 Å². The summed E-state index contributed by atoms with van der Waals surface area (Å²) in [5.74, 6) is 0.0666. The molecule has 15 heavy (non-hydrogen) atoms. The van der Waals surface area contributed by atoms with Crippen LogP contribution in [0, 0.1) is 5.82 Å². The van der Waals surface area contributed by atoms with Crippen LogP contribution in [-0.4, -0.2) is 12.2 Å².